The number of aliphatic imine (C=N–C) groups is 1. The number of hydrogen-bond donors (Lipinski definition) is 3. The summed E-state index contributed by atoms with van der Waals surface area (Å²) in [6, 6.07) is 17.7. The highest BCUT2D eigenvalue weighted by atomic mass is 127. The summed E-state index contributed by atoms with van der Waals surface area (Å²) in [7, 11) is 0. The average molecular weight is 494 g/mol. The Morgan fingerprint density at radius 1 is 1.14 bits per heavy atom. The maximum atomic E-state index is 11.9. The fraction of sp³-hybridized carbons (Fsp3) is 0.333. The predicted molar refractivity (Wildman–Crippen MR) is 124 cm³/mol. The molecule has 0 aromatic heterocycles. The van der Waals surface area contributed by atoms with Gasteiger partial charge < -0.3 is 20.7 Å². The van der Waals surface area contributed by atoms with Gasteiger partial charge in [-0.15, -0.1) is 24.0 Å². The Balaban J connectivity index is 0.00000280. The van der Waals surface area contributed by atoms with E-state index in [1.807, 2.05) is 55.5 Å². The lowest BCUT2D eigenvalue weighted by atomic mass is 9.91. The van der Waals surface area contributed by atoms with Crippen molar-refractivity contribution in [2.24, 2.45) is 4.99 Å². The molecule has 0 radical (unpaired) electrons. The zero-order chi connectivity index (χ0) is 18.9. The topological polar surface area (TPSA) is 74.8 Å². The Kier molecular flexibility index (Phi) is 9.06. The molecule has 1 atom stereocenters. The van der Waals surface area contributed by atoms with Crippen molar-refractivity contribution in [3.8, 4) is 5.75 Å². The highest BCUT2D eigenvalue weighted by molar-refractivity contribution is 14.0. The van der Waals surface area contributed by atoms with E-state index in [0.717, 1.165) is 29.5 Å². The zero-order valence-corrected chi connectivity index (χ0v) is 18.3. The smallest absolute Gasteiger partial charge is 0.225 e. The summed E-state index contributed by atoms with van der Waals surface area (Å²) >= 11 is 0. The van der Waals surface area contributed by atoms with Gasteiger partial charge in [-0.05, 0) is 30.7 Å². The van der Waals surface area contributed by atoms with Gasteiger partial charge in [0.1, 0.15) is 12.4 Å². The van der Waals surface area contributed by atoms with Crippen LogP contribution in [0.15, 0.2) is 59.6 Å². The molecule has 2 aromatic carbocycles. The number of halogens is 1. The van der Waals surface area contributed by atoms with Crippen LogP contribution in [0, 0.1) is 0 Å². The van der Waals surface area contributed by atoms with E-state index in [1.54, 1.807) is 0 Å². The molecule has 0 fully saturated rings. The fourth-order valence-corrected chi connectivity index (χ4v) is 3.06. The van der Waals surface area contributed by atoms with Crippen LogP contribution in [0.25, 0.3) is 0 Å². The molecule has 0 aliphatic carbocycles. The van der Waals surface area contributed by atoms with Crippen molar-refractivity contribution < 1.29 is 9.53 Å². The van der Waals surface area contributed by atoms with Crippen LogP contribution in [0.3, 0.4) is 0 Å². The molecule has 28 heavy (non-hydrogen) atoms. The Morgan fingerprint density at radius 2 is 1.89 bits per heavy atom. The molecule has 150 valence electrons. The summed E-state index contributed by atoms with van der Waals surface area (Å²) in [5.41, 5.74) is 2.03. The van der Waals surface area contributed by atoms with Crippen LogP contribution >= 0.6 is 24.0 Å². The van der Waals surface area contributed by atoms with E-state index in [9.17, 15) is 4.79 Å². The lowest BCUT2D eigenvalue weighted by molar-refractivity contribution is -0.116. The number of nitrogens with one attached hydrogen (secondary N) is 3. The second-order valence-electron chi connectivity index (χ2n) is 6.34. The highest BCUT2D eigenvalue weighted by Gasteiger charge is 2.24. The number of benzene rings is 2. The van der Waals surface area contributed by atoms with E-state index in [-0.39, 0.29) is 35.8 Å². The Bertz CT molecular complexity index is 783. The van der Waals surface area contributed by atoms with E-state index >= 15 is 0 Å². The monoisotopic (exact) mass is 494 g/mol. The van der Waals surface area contributed by atoms with Crippen molar-refractivity contribution in [3.05, 3.63) is 60.2 Å². The quantitative estimate of drug-likeness (QED) is 0.239. The molecule has 6 nitrogen and oxygen atoms in total. The van der Waals surface area contributed by atoms with Crippen LogP contribution in [0.1, 0.15) is 24.8 Å². The van der Waals surface area contributed by atoms with E-state index in [0.29, 0.717) is 26.1 Å². The zero-order valence-electron chi connectivity index (χ0n) is 16.0. The van der Waals surface area contributed by atoms with Crippen molar-refractivity contribution >= 4 is 41.5 Å². The van der Waals surface area contributed by atoms with Gasteiger partial charge in [0.2, 0.25) is 5.91 Å². The SMILES string of the molecule is CCNC(=NCC1CC(=O)Nc2ccccc21)NCCOc1ccccc1.I. The molecule has 2 aromatic rings. The van der Waals surface area contributed by atoms with Gasteiger partial charge in [0.15, 0.2) is 5.96 Å². The molecule has 0 saturated heterocycles. The number of carbonyl (C=O) groups excluding carboxylic acids is 1. The second kappa shape index (κ2) is 11.5. The summed E-state index contributed by atoms with van der Waals surface area (Å²) in [5.74, 6) is 1.72. The molecule has 0 spiro atoms. The van der Waals surface area contributed by atoms with Crippen molar-refractivity contribution in [1.82, 2.24) is 10.6 Å². The maximum Gasteiger partial charge on any atom is 0.225 e. The number of carbonyl (C=O) groups is 1. The number of amides is 1. The molecule has 1 amide bonds. The summed E-state index contributed by atoms with van der Waals surface area (Å²) < 4.78 is 5.69. The van der Waals surface area contributed by atoms with Crippen molar-refractivity contribution in [1.29, 1.82) is 0 Å². The fourth-order valence-electron chi connectivity index (χ4n) is 3.06. The number of anilines is 1. The number of para-hydroxylation sites is 2. The van der Waals surface area contributed by atoms with Gasteiger partial charge >= 0.3 is 0 Å². The Hall–Kier alpha value is -2.29. The first kappa shape index (κ1) is 22.0. The molecule has 1 aliphatic heterocycles. The van der Waals surface area contributed by atoms with Gasteiger partial charge in [-0.2, -0.15) is 0 Å². The molecule has 1 unspecified atom stereocenters. The van der Waals surface area contributed by atoms with E-state index in [2.05, 4.69) is 27.0 Å². The first-order chi connectivity index (χ1) is 13.3. The van der Waals surface area contributed by atoms with Crippen LogP contribution < -0.4 is 20.7 Å². The number of fused-ring (bicyclic) bond motifs is 1. The number of guanidine groups is 1. The first-order valence-electron chi connectivity index (χ1n) is 9.35. The van der Waals surface area contributed by atoms with Crippen molar-refractivity contribution in [3.63, 3.8) is 0 Å². The van der Waals surface area contributed by atoms with E-state index in [4.69, 9.17) is 4.74 Å². The maximum absolute atomic E-state index is 11.9. The van der Waals surface area contributed by atoms with Crippen LogP contribution in [-0.4, -0.2) is 38.1 Å². The van der Waals surface area contributed by atoms with Crippen LogP contribution in [-0.2, 0) is 4.79 Å². The van der Waals surface area contributed by atoms with Gasteiger partial charge in [-0.1, -0.05) is 36.4 Å². The molecule has 0 bridgehead atoms. The Morgan fingerprint density at radius 3 is 2.68 bits per heavy atom. The number of hydrogen-bond acceptors (Lipinski definition) is 3. The minimum Gasteiger partial charge on any atom is -0.492 e. The highest BCUT2D eigenvalue weighted by Crippen LogP contribution is 2.31. The molecule has 0 saturated carbocycles. The largest absolute Gasteiger partial charge is 0.492 e. The van der Waals surface area contributed by atoms with Gasteiger partial charge in [0, 0.05) is 24.6 Å². The molecule has 3 rings (SSSR count). The molecule has 7 heteroatoms. The second-order valence-corrected chi connectivity index (χ2v) is 6.34. The molecular formula is C21H27IN4O2. The van der Waals surface area contributed by atoms with Crippen LogP contribution in [0.5, 0.6) is 5.75 Å². The van der Waals surface area contributed by atoms with Gasteiger partial charge in [0.05, 0.1) is 13.1 Å². The van der Waals surface area contributed by atoms with Crippen molar-refractivity contribution in [2.75, 3.05) is 31.6 Å². The van der Waals surface area contributed by atoms with E-state index in [1.165, 1.54) is 0 Å². The van der Waals surface area contributed by atoms with Crippen LogP contribution in [0.4, 0.5) is 5.69 Å². The molecule has 1 heterocycles. The average Bonchev–Trinajstić information content (AvgIpc) is 2.69. The molecular weight excluding hydrogens is 467 g/mol. The van der Waals surface area contributed by atoms with Crippen molar-refractivity contribution in [2.45, 2.75) is 19.3 Å². The minimum absolute atomic E-state index is 0. The van der Waals surface area contributed by atoms with Crippen LogP contribution in [0.2, 0.25) is 0 Å². The van der Waals surface area contributed by atoms with Gasteiger partial charge in [-0.25, -0.2) is 0 Å². The van der Waals surface area contributed by atoms with E-state index < -0.39 is 0 Å². The minimum atomic E-state index is 0. The number of nitrogens with zero attached hydrogens (tertiary/aromatic N) is 1. The number of ether oxygens (including phenoxy) is 1. The van der Waals surface area contributed by atoms with Gasteiger partial charge in [-0.3, -0.25) is 9.79 Å². The normalized spacial score (nSPS) is 15.7. The third-order valence-corrected chi connectivity index (χ3v) is 4.33. The molecule has 1 aliphatic rings. The lowest BCUT2D eigenvalue weighted by Gasteiger charge is -2.24. The summed E-state index contributed by atoms with van der Waals surface area (Å²) in [6.07, 6.45) is 0.455. The first-order valence-corrected chi connectivity index (χ1v) is 9.35. The summed E-state index contributed by atoms with van der Waals surface area (Å²) in [6.45, 7) is 4.54. The standard InChI is InChI=1S/C21H26N4O2.HI/c1-2-22-21(23-12-13-27-17-8-4-3-5-9-17)24-15-16-14-20(26)25-19-11-7-6-10-18(16)19;/h3-11,16H,2,12-15H2,1H3,(H,25,26)(H2,22,23,24);1H. The predicted octanol–water partition coefficient (Wildman–Crippen LogP) is 3.36. The molecule has 3 N–H and O–H groups in total. The number of rotatable bonds is 7. The third kappa shape index (κ3) is 6.40. The lowest BCUT2D eigenvalue weighted by Crippen LogP contribution is -2.39. The Labute approximate surface area is 183 Å². The summed E-state index contributed by atoms with van der Waals surface area (Å²) in [5, 5.41) is 9.44. The summed E-state index contributed by atoms with van der Waals surface area (Å²) in [4.78, 5) is 16.6. The third-order valence-electron chi connectivity index (χ3n) is 4.33. The van der Waals surface area contributed by atoms with Gasteiger partial charge in [0.25, 0.3) is 0 Å².